The summed E-state index contributed by atoms with van der Waals surface area (Å²) in [5, 5.41) is 0. The molecule has 1 atom stereocenters. The van der Waals surface area contributed by atoms with Crippen LogP contribution in [0, 0.1) is 0 Å². The van der Waals surface area contributed by atoms with Crippen molar-refractivity contribution in [3.05, 3.63) is 0 Å². The average Bonchev–Trinajstić information content (AvgIpc) is 1.25. The monoisotopic (exact) mass is 154 g/mol. The second-order valence-corrected chi connectivity index (χ2v) is 15.4. The van der Waals surface area contributed by atoms with Crippen molar-refractivity contribution in [2.24, 2.45) is 0 Å². The third-order valence-electron chi connectivity index (χ3n) is 1.20. The summed E-state index contributed by atoms with van der Waals surface area (Å²) in [4.78, 5) is 0. The molecule has 0 aromatic heterocycles. The molecule has 0 N–H and O–H groups in total. The van der Waals surface area contributed by atoms with E-state index in [2.05, 4.69) is 0 Å². The third-order valence-corrected chi connectivity index (χ3v) is 10.8. The highest BCUT2D eigenvalue weighted by Crippen LogP contribution is 2.52. The molecule has 0 aromatic carbocycles. The zero-order chi connectivity index (χ0) is 7.00. The number of halogens is 1. The SMILES string of the molecule is C[Si](C)(C)P(C)(=O)F. The van der Waals surface area contributed by atoms with Gasteiger partial charge in [-0.05, 0) is 0 Å². The van der Waals surface area contributed by atoms with Crippen molar-refractivity contribution < 1.29 is 8.76 Å². The van der Waals surface area contributed by atoms with Crippen molar-refractivity contribution in [3.8, 4) is 0 Å². The van der Waals surface area contributed by atoms with Gasteiger partial charge in [0, 0.05) is 6.66 Å². The van der Waals surface area contributed by atoms with Gasteiger partial charge in [-0.2, -0.15) is 4.20 Å². The maximum atomic E-state index is 12.5. The fraction of sp³-hybridized carbons (Fsp3) is 1.00. The van der Waals surface area contributed by atoms with Crippen LogP contribution in [0.25, 0.3) is 0 Å². The van der Waals surface area contributed by atoms with Gasteiger partial charge in [-0.25, -0.2) is 0 Å². The molecule has 0 fully saturated rings. The molecule has 0 rings (SSSR count). The lowest BCUT2D eigenvalue weighted by Gasteiger charge is -2.16. The standard InChI is InChI=1S/C4H12FOPSi/c1-7(5,6)8(2,3)4/h1-4H3. The Labute approximate surface area is 50.6 Å². The second kappa shape index (κ2) is 1.96. The van der Waals surface area contributed by atoms with Crippen LogP contribution in [0.15, 0.2) is 0 Å². The Balaban J connectivity index is 4.26. The number of hydrogen-bond donors (Lipinski definition) is 0. The molecule has 0 aliphatic carbocycles. The molecule has 0 aliphatic heterocycles. The molecule has 50 valence electrons. The minimum atomic E-state index is -3.21. The average molecular weight is 154 g/mol. The van der Waals surface area contributed by atoms with Crippen molar-refractivity contribution in [3.63, 3.8) is 0 Å². The molecule has 0 bridgehead atoms. The summed E-state index contributed by atoms with van der Waals surface area (Å²) in [5.74, 6) is 0. The first-order valence-corrected chi connectivity index (χ1v) is 8.91. The van der Waals surface area contributed by atoms with Crippen molar-refractivity contribution in [2.75, 3.05) is 6.66 Å². The molecular formula is C4H12FOPSi. The molecule has 0 radical (unpaired) electrons. The highest BCUT2D eigenvalue weighted by Gasteiger charge is 2.33. The van der Waals surface area contributed by atoms with E-state index < -0.39 is 14.7 Å². The zero-order valence-electron chi connectivity index (χ0n) is 5.73. The molecule has 0 amide bonds. The fourth-order valence-electron chi connectivity index (χ4n) is 0. The van der Waals surface area contributed by atoms with Crippen molar-refractivity contribution in [2.45, 2.75) is 19.6 Å². The second-order valence-electron chi connectivity index (χ2n) is 2.99. The first-order valence-electron chi connectivity index (χ1n) is 2.52. The molecule has 0 aromatic rings. The van der Waals surface area contributed by atoms with E-state index in [1.807, 2.05) is 0 Å². The van der Waals surface area contributed by atoms with E-state index in [1.54, 1.807) is 19.6 Å². The van der Waals surface area contributed by atoms with Gasteiger partial charge in [0.05, 0.1) is 0 Å². The van der Waals surface area contributed by atoms with E-state index in [4.69, 9.17) is 0 Å². The molecule has 0 heterocycles. The van der Waals surface area contributed by atoms with Crippen LogP contribution in [0.5, 0.6) is 0 Å². The van der Waals surface area contributed by atoms with Crippen LogP contribution in [-0.2, 0) is 4.57 Å². The summed E-state index contributed by atoms with van der Waals surface area (Å²) >= 11 is 0. The quantitative estimate of drug-likeness (QED) is 0.419. The summed E-state index contributed by atoms with van der Waals surface area (Å²) in [6.45, 7) is 6.54. The van der Waals surface area contributed by atoms with Crippen LogP contribution in [0.4, 0.5) is 4.20 Å². The van der Waals surface area contributed by atoms with E-state index in [-0.39, 0.29) is 0 Å². The van der Waals surface area contributed by atoms with Gasteiger partial charge in [-0.15, -0.1) is 0 Å². The molecule has 0 saturated heterocycles. The predicted molar refractivity (Wildman–Crippen MR) is 38.0 cm³/mol. The fourth-order valence-corrected chi connectivity index (χ4v) is 0. The van der Waals surface area contributed by atoms with Crippen LogP contribution in [0.3, 0.4) is 0 Å². The topological polar surface area (TPSA) is 17.1 Å². The molecular weight excluding hydrogens is 142 g/mol. The summed E-state index contributed by atoms with van der Waals surface area (Å²) in [5.41, 5.74) is 0. The Hall–Kier alpha value is 0.377. The van der Waals surface area contributed by atoms with E-state index in [0.717, 1.165) is 0 Å². The molecule has 1 nitrogen and oxygen atoms in total. The lowest BCUT2D eigenvalue weighted by atomic mass is 11.8. The lowest BCUT2D eigenvalue weighted by molar-refractivity contribution is 0.557. The van der Waals surface area contributed by atoms with Crippen LogP contribution < -0.4 is 0 Å². The molecule has 8 heavy (non-hydrogen) atoms. The Bertz CT molecular complexity index is 122. The van der Waals surface area contributed by atoms with Gasteiger partial charge >= 0.3 is 0 Å². The first-order chi connectivity index (χ1) is 3.25. The number of hydrogen-bond acceptors (Lipinski definition) is 1. The van der Waals surface area contributed by atoms with Gasteiger partial charge in [-0.3, -0.25) is 4.57 Å². The van der Waals surface area contributed by atoms with Crippen molar-refractivity contribution in [1.82, 2.24) is 0 Å². The van der Waals surface area contributed by atoms with Crippen molar-refractivity contribution >= 4 is 14.7 Å². The van der Waals surface area contributed by atoms with E-state index >= 15 is 0 Å². The summed E-state index contributed by atoms with van der Waals surface area (Å²) in [7, 11) is -5.18. The Morgan fingerprint density at radius 1 is 1.38 bits per heavy atom. The molecule has 4 heteroatoms. The summed E-state index contributed by atoms with van der Waals surface area (Å²) in [6.07, 6.45) is 0. The van der Waals surface area contributed by atoms with Gasteiger partial charge in [0.25, 0.3) is 0 Å². The first kappa shape index (κ1) is 8.38. The zero-order valence-corrected chi connectivity index (χ0v) is 7.63. The number of rotatable bonds is 1. The van der Waals surface area contributed by atoms with E-state index in [9.17, 15) is 8.76 Å². The Kier molecular flexibility index (Phi) is 2.05. The minimum Gasteiger partial charge on any atom is -0.294 e. The van der Waals surface area contributed by atoms with Gasteiger partial charge in [-0.1, -0.05) is 19.6 Å². The molecule has 0 spiro atoms. The smallest absolute Gasteiger partial charge is 0.216 e. The summed E-state index contributed by atoms with van der Waals surface area (Å²) < 4.78 is 23.1. The maximum Gasteiger partial charge on any atom is 0.216 e. The van der Waals surface area contributed by atoms with Crippen LogP contribution in [-0.4, -0.2) is 14.4 Å². The third kappa shape index (κ3) is 2.10. The minimum absolute atomic E-state index is 1.22. The highest BCUT2D eigenvalue weighted by molar-refractivity contribution is 7.95. The molecule has 0 aliphatic rings. The van der Waals surface area contributed by atoms with Gasteiger partial charge in [0.1, 0.15) is 0 Å². The molecule has 1 unspecified atom stereocenters. The predicted octanol–water partition coefficient (Wildman–Crippen LogP) is 2.70. The Morgan fingerprint density at radius 3 is 1.50 bits per heavy atom. The van der Waals surface area contributed by atoms with Gasteiger partial charge in [0.15, 0.2) is 7.74 Å². The highest BCUT2D eigenvalue weighted by atomic mass is 31.4. The largest absolute Gasteiger partial charge is 0.294 e. The maximum absolute atomic E-state index is 12.5. The normalized spacial score (nSPS) is 20.1. The summed E-state index contributed by atoms with van der Waals surface area (Å²) in [6, 6.07) is 0. The van der Waals surface area contributed by atoms with Gasteiger partial charge in [0.2, 0.25) is 7.00 Å². The van der Waals surface area contributed by atoms with Crippen LogP contribution in [0.2, 0.25) is 19.6 Å². The Morgan fingerprint density at radius 2 is 1.50 bits per heavy atom. The van der Waals surface area contributed by atoms with E-state index in [1.165, 1.54) is 6.66 Å². The van der Waals surface area contributed by atoms with Crippen LogP contribution >= 0.6 is 7.00 Å². The molecule has 0 saturated carbocycles. The van der Waals surface area contributed by atoms with Crippen molar-refractivity contribution in [1.29, 1.82) is 0 Å². The van der Waals surface area contributed by atoms with E-state index in [0.29, 0.717) is 0 Å². The van der Waals surface area contributed by atoms with Gasteiger partial charge < -0.3 is 0 Å². The van der Waals surface area contributed by atoms with Crippen LogP contribution in [0.1, 0.15) is 0 Å². The lowest BCUT2D eigenvalue weighted by Crippen LogP contribution is -2.17.